The third-order valence-electron chi connectivity index (χ3n) is 4.47. The number of nitrogens with zero attached hydrogens (tertiary/aromatic N) is 2. The van der Waals surface area contributed by atoms with Crippen molar-refractivity contribution in [2.45, 2.75) is 77.4 Å². The standard InChI is InChI=1S/C16H30BN2O4P/c1-10(2)19(11(3)4)24(21-8-6-7-18)23-15-14-13(22-16(15)17)12(5)9-20-14/h10-16H,6,8-9,17H2,1-5H3/t12-,13?,14+,15-,16-,24?/m1/s1. The summed E-state index contributed by atoms with van der Waals surface area (Å²) in [6.45, 7) is 11.8. The maximum Gasteiger partial charge on any atom is 0.259 e. The number of nitriles is 1. The number of fused-ring (bicyclic) bond motifs is 1. The van der Waals surface area contributed by atoms with E-state index in [-0.39, 0.29) is 36.4 Å². The van der Waals surface area contributed by atoms with E-state index in [1.165, 1.54) is 0 Å². The largest absolute Gasteiger partial charge is 0.378 e. The van der Waals surface area contributed by atoms with Gasteiger partial charge in [-0.15, -0.1) is 0 Å². The molecule has 0 saturated carbocycles. The van der Waals surface area contributed by atoms with Crippen LogP contribution < -0.4 is 0 Å². The van der Waals surface area contributed by atoms with Crippen molar-refractivity contribution in [1.29, 1.82) is 5.26 Å². The summed E-state index contributed by atoms with van der Waals surface area (Å²) in [5.41, 5.74) is 0. The van der Waals surface area contributed by atoms with Gasteiger partial charge in [0.2, 0.25) is 0 Å². The molecule has 6 atom stereocenters. The molecule has 2 aliphatic heterocycles. The first-order valence-electron chi connectivity index (χ1n) is 8.88. The molecule has 0 N–H and O–H groups in total. The molecule has 0 aromatic heterocycles. The van der Waals surface area contributed by atoms with Crippen LogP contribution in [0.5, 0.6) is 0 Å². The highest BCUT2D eigenvalue weighted by Crippen LogP contribution is 2.50. The molecule has 2 heterocycles. The second kappa shape index (κ2) is 8.94. The molecule has 136 valence electrons. The highest BCUT2D eigenvalue weighted by Gasteiger charge is 2.51. The van der Waals surface area contributed by atoms with Crippen molar-refractivity contribution in [3.05, 3.63) is 0 Å². The third kappa shape index (κ3) is 4.49. The molecule has 2 rings (SSSR count). The number of hydrogen-bond donors (Lipinski definition) is 0. The number of ether oxygens (including phenoxy) is 2. The van der Waals surface area contributed by atoms with Crippen LogP contribution in [-0.2, 0) is 18.5 Å². The number of rotatable bonds is 8. The lowest BCUT2D eigenvalue weighted by atomic mass is 9.92. The summed E-state index contributed by atoms with van der Waals surface area (Å²) in [6, 6.07) is 2.68. The summed E-state index contributed by atoms with van der Waals surface area (Å²) in [5.74, 6) is 0.392. The van der Waals surface area contributed by atoms with Crippen LogP contribution >= 0.6 is 8.53 Å². The first-order valence-corrected chi connectivity index (χ1v) is 10.0. The minimum Gasteiger partial charge on any atom is -0.378 e. The molecule has 2 aliphatic rings. The lowest BCUT2D eigenvalue weighted by Gasteiger charge is -2.37. The van der Waals surface area contributed by atoms with Crippen LogP contribution in [-0.4, -0.2) is 62.1 Å². The second-order valence-corrected chi connectivity index (χ2v) is 8.60. The lowest BCUT2D eigenvalue weighted by Crippen LogP contribution is -2.39. The van der Waals surface area contributed by atoms with Crippen LogP contribution in [0.25, 0.3) is 0 Å². The average Bonchev–Trinajstić information content (AvgIpc) is 2.99. The van der Waals surface area contributed by atoms with Gasteiger partial charge in [0.25, 0.3) is 8.53 Å². The van der Waals surface area contributed by atoms with Gasteiger partial charge in [-0.2, -0.15) is 5.26 Å². The van der Waals surface area contributed by atoms with Gasteiger partial charge in [0.1, 0.15) is 20.1 Å². The van der Waals surface area contributed by atoms with Gasteiger partial charge >= 0.3 is 0 Å². The molecule has 0 aromatic rings. The van der Waals surface area contributed by atoms with Crippen LogP contribution in [0.1, 0.15) is 41.0 Å². The molecule has 2 saturated heterocycles. The Labute approximate surface area is 148 Å². The van der Waals surface area contributed by atoms with Crippen LogP contribution in [0, 0.1) is 17.2 Å². The molecule has 0 aromatic carbocycles. The maximum atomic E-state index is 8.80. The van der Waals surface area contributed by atoms with Gasteiger partial charge in [0.15, 0.2) is 0 Å². The van der Waals surface area contributed by atoms with Crippen molar-refractivity contribution in [1.82, 2.24) is 4.67 Å². The monoisotopic (exact) mass is 356 g/mol. The lowest BCUT2D eigenvalue weighted by molar-refractivity contribution is 0.0130. The van der Waals surface area contributed by atoms with Crippen LogP contribution in [0.4, 0.5) is 0 Å². The fraction of sp³-hybridized carbons (Fsp3) is 0.938. The van der Waals surface area contributed by atoms with E-state index in [1.807, 2.05) is 7.85 Å². The fourth-order valence-corrected chi connectivity index (χ4v) is 5.21. The summed E-state index contributed by atoms with van der Waals surface area (Å²) in [5, 5.41) is 8.80. The van der Waals surface area contributed by atoms with Crippen molar-refractivity contribution < 1.29 is 18.5 Å². The van der Waals surface area contributed by atoms with E-state index in [9.17, 15) is 0 Å². The molecule has 24 heavy (non-hydrogen) atoms. The van der Waals surface area contributed by atoms with Crippen LogP contribution in [0.15, 0.2) is 0 Å². The summed E-state index contributed by atoms with van der Waals surface area (Å²) >= 11 is 0. The molecule has 2 unspecified atom stereocenters. The molecule has 2 fully saturated rings. The van der Waals surface area contributed by atoms with E-state index in [1.54, 1.807) is 0 Å². The van der Waals surface area contributed by atoms with E-state index in [4.69, 9.17) is 23.8 Å². The maximum absolute atomic E-state index is 8.80. The normalized spacial score (nSPS) is 34.0. The predicted molar refractivity (Wildman–Crippen MR) is 96.2 cm³/mol. The highest BCUT2D eigenvalue weighted by atomic mass is 31.2. The van der Waals surface area contributed by atoms with Crippen molar-refractivity contribution >= 4 is 16.4 Å². The molecule has 0 amide bonds. The summed E-state index contributed by atoms with van der Waals surface area (Å²) in [4.78, 5) is 0. The predicted octanol–water partition coefficient (Wildman–Crippen LogP) is 2.04. The fourth-order valence-electron chi connectivity index (χ4n) is 3.41. The topological polar surface area (TPSA) is 64.0 Å². The van der Waals surface area contributed by atoms with Gasteiger partial charge in [-0.25, -0.2) is 4.67 Å². The molecule has 0 radical (unpaired) electrons. The van der Waals surface area contributed by atoms with Crippen molar-refractivity contribution in [3.8, 4) is 6.07 Å². The Morgan fingerprint density at radius 3 is 2.54 bits per heavy atom. The van der Waals surface area contributed by atoms with E-state index in [2.05, 4.69) is 45.4 Å². The van der Waals surface area contributed by atoms with Gasteiger partial charge in [-0.3, -0.25) is 0 Å². The van der Waals surface area contributed by atoms with Gasteiger partial charge < -0.3 is 18.5 Å². The van der Waals surface area contributed by atoms with Crippen molar-refractivity contribution in [2.24, 2.45) is 5.92 Å². The van der Waals surface area contributed by atoms with Crippen LogP contribution in [0.3, 0.4) is 0 Å². The molecule has 0 bridgehead atoms. The Morgan fingerprint density at radius 2 is 1.96 bits per heavy atom. The number of hydrogen-bond acceptors (Lipinski definition) is 6. The Kier molecular flexibility index (Phi) is 7.48. The zero-order valence-electron chi connectivity index (χ0n) is 15.6. The van der Waals surface area contributed by atoms with Crippen molar-refractivity contribution in [3.63, 3.8) is 0 Å². The Hall–Kier alpha value is -0.215. The van der Waals surface area contributed by atoms with E-state index in [0.717, 1.165) is 0 Å². The molecular weight excluding hydrogens is 326 g/mol. The van der Waals surface area contributed by atoms with Gasteiger partial charge in [0, 0.05) is 18.0 Å². The van der Waals surface area contributed by atoms with Gasteiger partial charge in [-0.1, -0.05) is 6.92 Å². The third-order valence-corrected chi connectivity index (χ3v) is 6.60. The minimum atomic E-state index is -1.27. The quantitative estimate of drug-likeness (QED) is 0.377. The van der Waals surface area contributed by atoms with Crippen molar-refractivity contribution in [2.75, 3.05) is 13.2 Å². The zero-order valence-corrected chi connectivity index (χ0v) is 16.5. The molecule has 0 aliphatic carbocycles. The van der Waals surface area contributed by atoms with E-state index in [0.29, 0.717) is 25.6 Å². The minimum absolute atomic E-state index is 0.0199. The first kappa shape index (κ1) is 20.1. The Balaban J connectivity index is 2.10. The highest BCUT2D eigenvalue weighted by molar-refractivity contribution is 7.44. The first-order chi connectivity index (χ1) is 11.4. The zero-order chi connectivity index (χ0) is 17.9. The summed E-state index contributed by atoms with van der Waals surface area (Å²) in [7, 11) is 0.771. The molecule has 6 nitrogen and oxygen atoms in total. The summed E-state index contributed by atoms with van der Waals surface area (Å²) < 4.78 is 26.7. The molecule has 8 heteroatoms. The average molecular weight is 356 g/mol. The Bertz CT molecular complexity index is 440. The van der Waals surface area contributed by atoms with Gasteiger partial charge in [0.05, 0.1) is 37.8 Å². The van der Waals surface area contributed by atoms with E-state index < -0.39 is 8.53 Å². The van der Waals surface area contributed by atoms with Gasteiger partial charge in [-0.05, 0) is 27.7 Å². The Morgan fingerprint density at radius 1 is 1.29 bits per heavy atom. The SMILES string of the molecule is B[C@@H]1OC2[C@H](C)CO[C@@H]2[C@H]1OP(OCCC#N)N(C(C)C)C(C)C. The van der Waals surface area contributed by atoms with E-state index >= 15 is 0 Å². The molecule has 0 spiro atoms. The summed E-state index contributed by atoms with van der Waals surface area (Å²) in [6.07, 6.45) is 0.309. The molecular formula is C16H30BN2O4P. The second-order valence-electron chi connectivity index (χ2n) is 7.20. The smallest absolute Gasteiger partial charge is 0.259 e. The van der Waals surface area contributed by atoms with Crippen LogP contribution in [0.2, 0.25) is 0 Å².